The largest absolute Gasteiger partial charge is 0.452 e. The van der Waals surface area contributed by atoms with Gasteiger partial charge in [0.2, 0.25) is 5.78 Å². The van der Waals surface area contributed by atoms with Gasteiger partial charge in [0.15, 0.2) is 17.4 Å². The van der Waals surface area contributed by atoms with Crippen molar-refractivity contribution in [2.45, 2.75) is 0 Å². The van der Waals surface area contributed by atoms with Gasteiger partial charge in [0.05, 0.1) is 17.2 Å². The van der Waals surface area contributed by atoms with Gasteiger partial charge >= 0.3 is 0 Å². The van der Waals surface area contributed by atoms with E-state index in [2.05, 4.69) is 0 Å². The summed E-state index contributed by atoms with van der Waals surface area (Å²) in [4.78, 5) is 14.1. The van der Waals surface area contributed by atoms with Crippen LogP contribution in [0.1, 0.15) is 15.9 Å². The fraction of sp³-hybridized carbons (Fsp3) is 0.111. The van der Waals surface area contributed by atoms with Crippen LogP contribution in [0.5, 0.6) is 5.75 Å². The normalized spacial score (nSPS) is 10.9. The molecule has 0 radical (unpaired) electrons. The SMILES string of the molecule is CN(C)/C=C(\Oc1ccc(C#N)cc1)C(=O)c1cccc(F)c1F. The van der Waals surface area contributed by atoms with Gasteiger partial charge in [0.25, 0.3) is 0 Å². The Balaban J connectivity index is 2.36. The van der Waals surface area contributed by atoms with Crippen molar-refractivity contribution in [3.8, 4) is 11.8 Å². The van der Waals surface area contributed by atoms with Crippen LogP contribution in [0.25, 0.3) is 0 Å². The molecule has 6 heteroatoms. The van der Waals surface area contributed by atoms with Crippen molar-refractivity contribution in [3.63, 3.8) is 0 Å². The molecule has 0 fully saturated rings. The molecule has 0 spiro atoms. The zero-order valence-electron chi connectivity index (χ0n) is 13.1. The van der Waals surface area contributed by atoms with Gasteiger partial charge in [-0.2, -0.15) is 5.26 Å². The third-order valence-corrected chi connectivity index (χ3v) is 3.01. The number of Topliss-reactive ketones (excluding diaryl/α,β-unsaturated/α-hetero) is 1. The van der Waals surface area contributed by atoms with E-state index < -0.39 is 23.0 Å². The Labute approximate surface area is 138 Å². The number of carbonyl (C=O) groups excluding carboxylic acids is 1. The van der Waals surface area contributed by atoms with E-state index in [9.17, 15) is 13.6 Å². The maximum absolute atomic E-state index is 13.9. The minimum atomic E-state index is -1.23. The van der Waals surface area contributed by atoms with Gasteiger partial charge in [-0.25, -0.2) is 8.78 Å². The van der Waals surface area contributed by atoms with Crippen molar-refractivity contribution < 1.29 is 18.3 Å². The highest BCUT2D eigenvalue weighted by Crippen LogP contribution is 2.20. The number of hydrogen-bond acceptors (Lipinski definition) is 4. The van der Waals surface area contributed by atoms with Crippen LogP contribution >= 0.6 is 0 Å². The number of carbonyl (C=O) groups is 1. The predicted molar refractivity (Wildman–Crippen MR) is 84.2 cm³/mol. The molecule has 2 aromatic rings. The minimum absolute atomic E-state index is 0.172. The number of rotatable bonds is 5. The van der Waals surface area contributed by atoms with E-state index in [1.807, 2.05) is 6.07 Å². The van der Waals surface area contributed by atoms with E-state index in [4.69, 9.17) is 10.00 Å². The third kappa shape index (κ3) is 3.96. The number of ether oxygens (including phenoxy) is 1. The van der Waals surface area contributed by atoms with Gasteiger partial charge in [-0.1, -0.05) is 6.07 Å². The number of hydrogen-bond donors (Lipinski definition) is 0. The second-order valence-electron chi connectivity index (χ2n) is 5.13. The van der Waals surface area contributed by atoms with Crippen molar-refractivity contribution >= 4 is 5.78 Å². The first-order valence-corrected chi connectivity index (χ1v) is 6.97. The van der Waals surface area contributed by atoms with Gasteiger partial charge in [0, 0.05) is 20.3 Å². The predicted octanol–water partition coefficient (Wildman–Crippen LogP) is 3.50. The molecule has 0 bridgehead atoms. The molecule has 0 saturated heterocycles. The Morgan fingerprint density at radius 3 is 2.42 bits per heavy atom. The average Bonchev–Trinajstić information content (AvgIpc) is 2.56. The van der Waals surface area contributed by atoms with E-state index in [-0.39, 0.29) is 5.76 Å². The fourth-order valence-corrected chi connectivity index (χ4v) is 1.90. The highest BCUT2D eigenvalue weighted by Gasteiger charge is 2.21. The summed E-state index contributed by atoms with van der Waals surface area (Å²) in [6.07, 6.45) is 1.37. The first-order chi connectivity index (χ1) is 11.4. The molecule has 0 aromatic heterocycles. The average molecular weight is 328 g/mol. The molecule has 2 aromatic carbocycles. The zero-order valence-corrected chi connectivity index (χ0v) is 13.1. The summed E-state index contributed by atoms with van der Waals surface area (Å²) in [5.41, 5.74) is 0.0136. The summed E-state index contributed by atoms with van der Waals surface area (Å²) in [6.45, 7) is 0. The summed E-state index contributed by atoms with van der Waals surface area (Å²) in [6, 6.07) is 11.4. The number of allylic oxidation sites excluding steroid dienone is 1. The molecule has 0 atom stereocenters. The van der Waals surface area contributed by atoms with Crippen molar-refractivity contribution in [2.75, 3.05) is 14.1 Å². The third-order valence-electron chi connectivity index (χ3n) is 3.01. The maximum atomic E-state index is 13.9. The van der Waals surface area contributed by atoms with Crippen LogP contribution in [0.3, 0.4) is 0 Å². The van der Waals surface area contributed by atoms with Gasteiger partial charge in [0.1, 0.15) is 5.75 Å². The first kappa shape index (κ1) is 17.2. The Kier molecular flexibility index (Phi) is 5.27. The van der Waals surface area contributed by atoms with Crippen LogP contribution < -0.4 is 4.74 Å². The molecular weight excluding hydrogens is 314 g/mol. The highest BCUT2D eigenvalue weighted by molar-refractivity contribution is 6.07. The van der Waals surface area contributed by atoms with E-state index in [0.717, 1.165) is 6.07 Å². The molecular formula is C18H14F2N2O2. The van der Waals surface area contributed by atoms with Gasteiger partial charge in [-0.05, 0) is 36.4 Å². The van der Waals surface area contributed by atoms with Gasteiger partial charge in [-0.15, -0.1) is 0 Å². The number of halogens is 2. The molecule has 0 aliphatic carbocycles. The summed E-state index contributed by atoms with van der Waals surface area (Å²) in [5, 5.41) is 8.78. The Bertz CT molecular complexity index is 822. The second kappa shape index (κ2) is 7.38. The van der Waals surface area contributed by atoms with Crippen LogP contribution in [-0.4, -0.2) is 24.8 Å². The molecule has 0 aliphatic heterocycles. The lowest BCUT2D eigenvalue weighted by atomic mass is 10.1. The zero-order chi connectivity index (χ0) is 17.7. The lowest BCUT2D eigenvalue weighted by Gasteiger charge is -2.13. The fourth-order valence-electron chi connectivity index (χ4n) is 1.90. The van der Waals surface area contributed by atoms with Crippen LogP contribution in [0.4, 0.5) is 8.78 Å². The molecule has 4 nitrogen and oxygen atoms in total. The lowest BCUT2D eigenvalue weighted by molar-refractivity contribution is 0.0977. The van der Waals surface area contributed by atoms with E-state index in [1.54, 1.807) is 19.0 Å². The minimum Gasteiger partial charge on any atom is -0.452 e. The smallest absolute Gasteiger partial charge is 0.232 e. The van der Waals surface area contributed by atoms with Crippen LogP contribution in [0.15, 0.2) is 54.4 Å². The van der Waals surface area contributed by atoms with E-state index in [0.29, 0.717) is 11.3 Å². The topological polar surface area (TPSA) is 53.3 Å². The summed E-state index contributed by atoms with van der Waals surface area (Å²) < 4.78 is 32.7. The monoisotopic (exact) mass is 328 g/mol. The summed E-state index contributed by atoms with van der Waals surface area (Å²) >= 11 is 0. The van der Waals surface area contributed by atoms with E-state index >= 15 is 0 Å². The summed E-state index contributed by atoms with van der Waals surface area (Å²) in [7, 11) is 3.33. The molecule has 0 N–H and O–H groups in total. The van der Waals surface area contributed by atoms with Gasteiger partial charge < -0.3 is 9.64 Å². The molecule has 122 valence electrons. The maximum Gasteiger partial charge on any atom is 0.232 e. The summed E-state index contributed by atoms with van der Waals surface area (Å²) in [5.74, 6) is -2.99. The number of benzene rings is 2. The molecule has 24 heavy (non-hydrogen) atoms. The number of nitrogens with zero attached hydrogens (tertiary/aromatic N) is 2. The van der Waals surface area contributed by atoms with Crippen molar-refractivity contribution in [3.05, 3.63) is 77.2 Å². The molecule has 0 amide bonds. The Hall–Kier alpha value is -3.20. The molecule has 0 heterocycles. The Morgan fingerprint density at radius 1 is 1.17 bits per heavy atom. The number of nitriles is 1. The highest BCUT2D eigenvalue weighted by atomic mass is 19.2. The van der Waals surface area contributed by atoms with Crippen molar-refractivity contribution in [2.24, 2.45) is 0 Å². The second-order valence-corrected chi connectivity index (χ2v) is 5.13. The van der Waals surface area contributed by atoms with E-state index in [1.165, 1.54) is 42.6 Å². The molecule has 0 saturated carbocycles. The quantitative estimate of drug-likeness (QED) is 0.479. The molecule has 2 rings (SSSR count). The van der Waals surface area contributed by atoms with Gasteiger partial charge in [-0.3, -0.25) is 4.79 Å². The Morgan fingerprint density at radius 2 is 1.83 bits per heavy atom. The molecule has 0 aliphatic rings. The standard InChI is InChI=1S/C18H14F2N2O2/c1-22(2)11-16(24-13-8-6-12(10-21)7-9-13)18(23)14-4-3-5-15(19)17(14)20/h3-9,11H,1-2H3/b16-11-. The van der Waals surface area contributed by atoms with Crippen LogP contribution in [-0.2, 0) is 0 Å². The lowest BCUT2D eigenvalue weighted by Crippen LogP contribution is -2.16. The van der Waals surface area contributed by atoms with Crippen molar-refractivity contribution in [1.29, 1.82) is 5.26 Å². The number of ketones is 1. The van der Waals surface area contributed by atoms with Crippen molar-refractivity contribution in [1.82, 2.24) is 4.90 Å². The van der Waals surface area contributed by atoms with Crippen LogP contribution in [0, 0.1) is 23.0 Å². The first-order valence-electron chi connectivity index (χ1n) is 6.97. The van der Waals surface area contributed by atoms with Crippen LogP contribution in [0.2, 0.25) is 0 Å². The molecule has 0 unspecified atom stereocenters.